The SMILES string of the molecule is Cc1ccc2c(c1)C(=O)N(CC(=O)N1CCOC(c3ccc(Cl)cc3)C1)C2=O. The Morgan fingerprint density at radius 3 is 2.57 bits per heavy atom. The van der Waals surface area contributed by atoms with Crippen molar-refractivity contribution in [2.75, 3.05) is 26.2 Å². The van der Waals surface area contributed by atoms with Gasteiger partial charge in [0.2, 0.25) is 5.91 Å². The molecule has 0 aromatic heterocycles. The summed E-state index contributed by atoms with van der Waals surface area (Å²) in [6.45, 7) is 2.77. The maximum absolute atomic E-state index is 12.8. The van der Waals surface area contributed by atoms with Crippen molar-refractivity contribution in [2.24, 2.45) is 0 Å². The maximum Gasteiger partial charge on any atom is 0.262 e. The van der Waals surface area contributed by atoms with Gasteiger partial charge in [-0.05, 0) is 36.8 Å². The van der Waals surface area contributed by atoms with Crippen LogP contribution in [0.1, 0.15) is 37.9 Å². The number of carbonyl (C=O) groups excluding carboxylic acids is 3. The number of nitrogens with zero attached hydrogens (tertiary/aromatic N) is 2. The molecule has 4 rings (SSSR count). The molecule has 0 spiro atoms. The Labute approximate surface area is 167 Å². The van der Waals surface area contributed by atoms with Gasteiger partial charge in [0.1, 0.15) is 12.6 Å². The van der Waals surface area contributed by atoms with Gasteiger partial charge in [0.25, 0.3) is 11.8 Å². The van der Waals surface area contributed by atoms with Crippen LogP contribution >= 0.6 is 11.6 Å². The van der Waals surface area contributed by atoms with Crippen LogP contribution in [0, 0.1) is 6.92 Å². The molecule has 1 fully saturated rings. The molecule has 0 bridgehead atoms. The largest absolute Gasteiger partial charge is 0.370 e. The minimum atomic E-state index is -0.420. The van der Waals surface area contributed by atoms with Gasteiger partial charge in [0.15, 0.2) is 0 Å². The molecule has 0 N–H and O–H groups in total. The summed E-state index contributed by atoms with van der Waals surface area (Å²) in [6, 6.07) is 12.4. The highest BCUT2D eigenvalue weighted by Gasteiger charge is 2.38. The lowest BCUT2D eigenvalue weighted by Gasteiger charge is -2.34. The third kappa shape index (κ3) is 3.41. The van der Waals surface area contributed by atoms with Gasteiger partial charge in [-0.2, -0.15) is 0 Å². The van der Waals surface area contributed by atoms with Gasteiger partial charge in [-0.15, -0.1) is 0 Å². The molecule has 0 aliphatic carbocycles. The van der Waals surface area contributed by atoms with Crippen molar-refractivity contribution in [2.45, 2.75) is 13.0 Å². The van der Waals surface area contributed by atoms with Crippen molar-refractivity contribution in [3.8, 4) is 0 Å². The first-order valence-corrected chi connectivity index (χ1v) is 9.43. The number of carbonyl (C=O) groups is 3. The molecule has 1 atom stereocenters. The van der Waals surface area contributed by atoms with Gasteiger partial charge in [0.05, 0.1) is 24.3 Å². The standard InChI is InChI=1S/C21H19ClN2O4/c1-13-2-7-16-17(10-13)21(27)24(20(16)26)12-19(25)23-8-9-28-18(11-23)14-3-5-15(22)6-4-14/h2-7,10,18H,8-9,11-12H2,1H3. The monoisotopic (exact) mass is 398 g/mol. The predicted molar refractivity (Wildman–Crippen MR) is 103 cm³/mol. The molecule has 0 radical (unpaired) electrons. The first-order chi connectivity index (χ1) is 13.4. The van der Waals surface area contributed by atoms with Crippen LogP contribution in [0.15, 0.2) is 42.5 Å². The Balaban J connectivity index is 1.46. The van der Waals surface area contributed by atoms with E-state index in [1.165, 1.54) is 0 Å². The molecule has 2 aliphatic heterocycles. The third-order valence-electron chi connectivity index (χ3n) is 5.08. The van der Waals surface area contributed by atoms with Crippen LogP contribution in [-0.4, -0.2) is 53.8 Å². The molecule has 2 aliphatic rings. The van der Waals surface area contributed by atoms with Crippen molar-refractivity contribution < 1.29 is 19.1 Å². The molecular weight excluding hydrogens is 380 g/mol. The van der Waals surface area contributed by atoms with Gasteiger partial charge in [-0.1, -0.05) is 35.4 Å². The minimum Gasteiger partial charge on any atom is -0.370 e. The van der Waals surface area contributed by atoms with Crippen LogP contribution in [0.25, 0.3) is 0 Å². The van der Waals surface area contributed by atoms with Crippen LogP contribution in [0.2, 0.25) is 5.02 Å². The zero-order valence-electron chi connectivity index (χ0n) is 15.4. The van der Waals surface area contributed by atoms with Crippen LogP contribution in [-0.2, 0) is 9.53 Å². The summed E-state index contributed by atoms with van der Waals surface area (Å²) in [4.78, 5) is 40.6. The van der Waals surface area contributed by atoms with E-state index in [9.17, 15) is 14.4 Å². The summed E-state index contributed by atoms with van der Waals surface area (Å²) < 4.78 is 5.78. The molecule has 6 nitrogen and oxygen atoms in total. The number of halogens is 1. The molecule has 1 unspecified atom stereocenters. The summed E-state index contributed by atoms with van der Waals surface area (Å²) in [5, 5.41) is 0.633. The van der Waals surface area contributed by atoms with E-state index in [4.69, 9.17) is 16.3 Å². The van der Waals surface area contributed by atoms with Gasteiger partial charge < -0.3 is 9.64 Å². The van der Waals surface area contributed by atoms with Gasteiger partial charge in [-0.25, -0.2) is 0 Å². The molecule has 144 valence electrons. The second-order valence-electron chi connectivity index (χ2n) is 7.00. The highest BCUT2D eigenvalue weighted by Crippen LogP contribution is 2.26. The van der Waals surface area contributed by atoms with Crippen molar-refractivity contribution in [1.29, 1.82) is 0 Å². The molecule has 2 heterocycles. The summed E-state index contributed by atoms with van der Waals surface area (Å²) >= 11 is 5.93. The van der Waals surface area contributed by atoms with E-state index in [2.05, 4.69) is 0 Å². The number of rotatable bonds is 3. The quantitative estimate of drug-likeness (QED) is 0.746. The highest BCUT2D eigenvalue weighted by molar-refractivity contribution is 6.30. The topological polar surface area (TPSA) is 66.9 Å². The van der Waals surface area contributed by atoms with Crippen LogP contribution < -0.4 is 0 Å². The van der Waals surface area contributed by atoms with Gasteiger partial charge in [0, 0.05) is 11.6 Å². The Hall–Kier alpha value is -2.70. The maximum atomic E-state index is 12.8. The molecule has 0 saturated carbocycles. The van der Waals surface area contributed by atoms with Gasteiger partial charge >= 0.3 is 0 Å². The zero-order chi connectivity index (χ0) is 19.8. The number of aryl methyl sites for hydroxylation is 1. The lowest BCUT2D eigenvalue weighted by molar-refractivity contribution is -0.139. The first-order valence-electron chi connectivity index (χ1n) is 9.06. The normalized spacial score (nSPS) is 19.1. The average molecular weight is 399 g/mol. The van der Waals surface area contributed by atoms with Crippen LogP contribution in [0.5, 0.6) is 0 Å². The number of ether oxygens (including phenoxy) is 1. The smallest absolute Gasteiger partial charge is 0.262 e. The number of hydrogen-bond donors (Lipinski definition) is 0. The van der Waals surface area contributed by atoms with Crippen molar-refractivity contribution in [3.05, 3.63) is 69.7 Å². The summed E-state index contributed by atoms with van der Waals surface area (Å²) in [6.07, 6.45) is -0.264. The summed E-state index contributed by atoms with van der Waals surface area (Å²) in [5.41, 5.74) is 2.54. The molecule has 3 amide bonds. The molecule has 1 saturated heterocycles. The number of benzene rings is 2. The second-order valence-corrected chi connectivity index (χ2v) is 7.43. The molecular formula is C21H19ClN2O4. The lowest BCUT2D eigenvalue weighted by Crippen LogP contribution is -2.47. The Kier molecular flexibility index (Phi) is 4.91. The molecule has 2 aromatic carbocycles. The number of imide groups is 1. The van der Waals surface area contributed by atoms with Crippen molar-refractivity contribution >= 4 is 29.3 Å². The number of amides is 3. The second kappa shape index (κ2) is 7.37. The Bertz CT molecular complexity index is 957. The van der Waals surface area contributed by atoms with E-state index in [1.54, 1.807) is 35.2 Å². The molecule has 28 heavy (non-hydrogen) atoms. The predicted octanol–water partition coefficient (Wildman–Crippen LogP) is 2.84. The zero-order valence-corrected chi connectivity index (χ0v) is 16.1. The number of morpholine rings is 1. The van der Waals surface area contributed by atoms with Crippen LogP contribution in [0.3, 0.4) is 0 Å². The van der Waals surface area contributed by atoms with Crippen LogP contribution in [0.4, 0.5) is 0 Å². The Morgan fingerprint density at radius 2 is 1.82 bits per heavy atom. The highest BCUT2D eigenvalue weighted by atomic mass is 35.5. The number of fused-ring (bicyclic) bond motifs is 1. The fourth-order valence-corrected chi connectivity index (χ4v) is 3.66. The average Bonchev–Trinajstić information content (AvgIpc) is 2.93. The van der Waals surface area contributed by atoms with E-state index in [-0.39, 0.29) is 18.6 Å². The van der Waals surface area contributed by atoms with Gasteiger partial charge in [-0.3, -0.25) is 19.3 Å². The van der Waals surface area contributed by atoms with E-state index in [1.807, 2.05) is 19.1 Å². The number of hydrogen-bond acceptors (Lipinski definition) is 4. The van der Waals surface area contributed by atoms with E-state index in [0.717, 1.165) is 16.0 Å². The first kappa shape index (κ1) is 18.7. The molecule has 7 heteroatoms. The molecule has 2 aromatic rings. The summed E-state index contributed by atoms with van der Waals surface area (Å²) in [7, 11) is 0. The van der Waals surface area contributed by atoms with E-state index in [0.29, 0.717) is 35.8 Å². The van der Waals surface area contributed by atoms with E-state index >= 15 is 0 Å². The lowest BCUT2D eigenvalue weighted by atomic mass is 10.1. The minimum absolute atomic E-state index is 0.264. The van der Waals surface area contributed by atoms with E-state index < -0.39 is 11.8 Å². The summed E-state index contributed by atoms with van der Waals surface area (Å²) in [5.74, 6) is -1.11. The van der Waals surface area contributed by atoms with Crippen molar-refractivity contribution in [3.63, 3.8) is 0 Å². The third-order valence-corrected chi connectivity index (χ3v) is 5.33. The van der Waals surface area contributed by atoms with Crippen molar-refractivity contribution in [1.82, 2.24) is 9.80 Å². The fourth-order valence-electron chi connectivity index (χ4n) is 3.54. The Morgan fingerprint density at radius 1 is 1.11 bits per heavy atom. The fraction of sp³-hybridized carbons (Fsp3) is 0.286.